The van der Waals surface area contributed by atoms with Crippen LogP contribution in [0.15, 0.2) is 5.38 Å². The van der Waals surface area contributed by atoms with Gasteiger partial charge in [0.1, 0.15) is 0 Å². The van der Waals surface area contributed by atoms with E-state index in [1.807, 2.05) is 0 Å². The molecule has 1 saturated heterocycles. The zero-order valence-corrected chi connectivity index (χ0v) is 12.9. The minimum atomic E-state index is 0.128. The minimum absolute atomic E-state index is 0.128. The molecule has 0 aromatic carbocycles. The first-order valence-corrected chi connectivity index (χ1v) is 8.61. The number of rotatable bonds is 3. The lowest BCUT2D eigenvalue weighted by Crippen LogP contribution is -2.34. The standard InChI is InChI=1S/C16H23NO2S/c1-11-8-12(6-7-19-11)9-17-16(18)14-10-20-15-5-3-2-4-13(14)15/h10-12H,2-9H2,1H3,(H,17,18)/t11-,12-/m1/s1. The predicted molar refractivity (Wildman–Crippen MR) is 81.4 cm³/mol. The van der Waals surface area contributed by atoms with Crippen molar-refractivity contribution in [2.75, 3.05) is 13.2 Å². The Balaban J connectivity index is 1.58. The van der Waals surface area contributed by atoms with Crippen molar-refractivity contribution >= 4 is 17.2 Å². The molecule has 0 saturated carbocycles. The summed E-state index contributed by atoms with van der Waals surface area (Å²) in [6, 6.07) is 0. The van der Waals surface area contributed by atoms with Crippen LogP contribution in [0.25, 0.3) is 0 Å². The van der Waals surface area contributed by atoms with E-state index in [4.69, 9.17) is 4.74 Å². The van der Waals surface area contributed by atoms with Gasteiger partial charge in [0.15, 0.2) is 0 Å². The highest BCUT2D eigenvalue weighted by Gasteiger charge is 2.22. The summed E-state index contributed by atoms with van der Waals surface area (Å²) < 4.78 is 5.55. The molecule has 0 bridgehead atoms. The monoisotopic (exact) mass is 293 g/mol. The Morgan fingerprint density at radius 1 is 1.45 bits per heavy atom. The second-order valence-corrected chi connectivity index (χ2v) is 7.00. The van der Waals surface area contributed by atoms with Crippen molar-refractivity contribution in [3.63, 3.8) is 0 Å². The Bertz CT molecular complexity index is 483. The fourth-order valence-corrected chi connectivity index (χ4v) is 4.42. The maximum Gasteiger partial charge on any atom is 0.252 e. The first-order chi connectivity index (χ1) is 9.74. The van der Waals surface area contributed by atoms with Gasteiger partial charge in [0.25, 0.3) is 5.91 Å². The molecule has 2 heterocycles. The van der Waals surface area contributed by atoms with Crippen LogP contribution in [0.3, 0.4) is 0 Å². The van der Waals surface area contributed by atoms with Crippen molar-refractivity contribution in [2.45, 2.75) is 51.6 Å². The number of amides is 1. The summed E-state index contributed by atoms with van der Waals surface area (Å²) in [6.07, 6.45) is 7.19. The lowest BCUT2D eigenvalue weighted by molar-refractivity contribution is 0.00302. The topological polar surface area (TPSA) is 38.3 Å². The maximum atomic E-state index is 12.4. The van der Waals surface area contributed by atoms with Gasteiger partial charge in [-0.15, -0.1) is 11.3 Å². The van der Waals surface area contributed by atoms with Gasteiger partial charge >= 0.3 is 0 Å². The van der Waals surface area contributed by atoms with E-state index in [0.29, 0.717) is 12.0 Å². The Morgan fingerprint density at radius 3 is 3.15 bits per heavy atom. The number of carbonyl (C=O) groups excluding carboxylic acids is 1. The molecule has 2 atom stereocenters. The zero-order valence-electron chi connectivity index (χ0n) is 12.1. The Morgan fingerprint density at radius 2 is 2.30 bits per heavy atom. The number of aryl methyl sites for hydroxylation is 1. The smallest absolute Gasteiger partial charge is 0.252 e. The van der Waals surface area contributed by atoms with E-state index >= 15 is 0 Å². The average Bonchev–Trinajstić information content (AvgIpc) is 2.89. The highest BCUT2D eigenvalue weighted by molar-refractivity contribution is 7.10. The molecule has 3 nitrogen and oxygen atoms in total. The number of nitrogens with one attached hydrogen (secondary N) is 1. The van der Waals surface area contributed by atoms with Crippen LogP contribution in [0.4, 0.5) is 0 Å². The van der Waals surface area contributed by atoms with Crippen LogP contribution in [0.5, 0.6) is 0 Å². The summed E-state index contributed by atoms with van der Waals surface area (Å²) in [5, 5.41) is 5.19. The van der Waals surface area contributed by atoms with Crippen molar-refractivity contribution in [1.82, 2.24) is 5.32 Å². The molecule has 4 heteroatoms. The molecule has 1 aliphatic carbocycles. The molecule has 1 fully saturated rings. The average molecular weight is 293 g/mol. The second-order valence-electron chi connectivity index (χ2n) is 6.04. The molecule has 0 radical (unpaired) electrons. The number of thiophene rings is 1. The minimum Gasteiger partial charge on any atom is -0.378 e. The highest BCUT2D eigenvalue weighted by Crippen LogP contribution is 2.30. The van der Waals surface area contributed by atoms with E-state index in [2.05, 4.69) is 17.6 Å². The zero-order chi connectivity index (χ0) is 13.9. The van der Waals surface area contributed by atoms with Crippen LogP contribution >= 0.6 is 11.3 Å². The molecular formula is C16H23NO2S. The Labute approximate surface area is 124 Å². The van der Waals surface area contributed by atoms with E-state index in [-0.39, 0.29) is 5.91 Å². The van der Waals surface area contributed by atoms with Crippen molar-refractivity contribution in [3.05, 3.63) is 21.4 Å². The van der Waals surface area contributed by atoms with Gasteiger partial charge in [-0.05, 0) is 56.9 Å². The lowest BCUT2D eigenvalue weighted by atomic mass is 9.94. The molecule has 0 unspecified atom stereocenters. The molecule has 1 N–H and O–H groups in total. The summed E-state index contributed by atoms with van der Waals surface area (Å²) in [4.78, 5) is 13.8. The molecule has 1 aliphatic heterocycles. The number of ether oxygens (including phenoxy) is 1. The number of hydrogen-bond donors (Lipinski definition) is 1. The fraction of sp³-hybridized carbons (Fsp3) is 0.688. The van der Waals surface area contributed by atoms with Crippen LogP contribution in [0.1, 0.15) is 53.4 Å². The van der Waals surface area contributed by atoms with Crippen LogP contribution in [0.2, 0.25) is 0 Å². The third-order valence-electron chi connectivity index (χ3n) is 4.45. The summed E-state index contributed by atoms with van der Waals surface area (Å²) >= 11 is 1.76. The van der Waals surface area contributed by atoms with Gasteiger partial charge < -0.3 is 10.1 Å². The highest BCUT2D eigenvalue weighted by atomic mass is 32.1. The molecular weight excluding hydrogens is 270 g/mol. The molecule has 20 heavy (non-hydrogen) atoms. The summed E-state index contributed by atoms with van der Waals surface area (Å²) in [7, 11) is 0. The van der Waals surface area contributed by atoms with Crippen LogP contribution in [-0.4, -0.2) is 25.2 Å². The van der Waals surface area contributed by atoms with Gasteiger partial charge in [0.2, 0.25) is 0 Å². The Hall–Kier alpha value is -0.870. The molecule has 1 aromatic heterocycles. The summed E-state index contributed by atoms with van der Waals surface area (Å²) in [6.45, 7) is 3.73. The van der Waals surface area contributed by atoms with E-state index < -0.39 is 0 Å². The van der Waals surface area contributed by atoms with E-state index in [0.717, 1.165) is 44.4 Å². The largest absolute Gasteiger partial charge is 0.378 e. The second kappa shape index (κ2) is 6.27. The van der Waals surface area contributed by atoms with Crippen molar-refractivity contribution in [1.29, 1.82) is 0 Å². The molecule has 110 valence electrons. The van der Waals surface area contributed by atoms with Gasteiger partial charge in [-0.3, -0.25) is 4.79 Å². The lowest BCUT2D eigenvalue weighted by Gasteiger charge is -2.27. The SMILES string of the molecule is C[C@@H]1C[C@H](CNC(=O)c2csc3c2CCCC3)CCO1. The summed E-state index contributed by atoms with van der Waals surface area (Å²) in [5.74, 6) is 0.695. The number of carbonyl (C=O) groups is 1. The quantitative estimate of drug-likeness (QED) is 0.929. The predicted octanol–water partition coefficient (Wildman–Crippen LogP) is 3.17. The molecule has 2 aliphatic rings. The van der Waals surface area contributed by atoms with Crippen molar-refractivity contribution in [3.8, 4) is 0 Å². The van der Waals surface area contributed by atoms with Crippen LogP contribution < -0.4 is 5.32 Å². The third kappa shape index (κ3) is 3.07. The first kappa shape index (κ1) is 14.1. The molecule has 0 spiro atoms. The van der Waals surface area contributed by atoms with Gasteiger partial charge in [-0.25, -0.2) is 0 Å². The molecule has 3 rings (SSSR count). The van der Waals surface area contributed by atoms with E-state index in [9.17, 15) is 4.79 Å². The van der Waals surface area contributed by atoms with Gasteiger partial charge in [-0.2, -0.15) is 0 Å². The normalized spacial score (nSPS) is 26.1. The first-order valence-electron chi connectivity index (χ1n) is 7.73. The van der Waals surface area contributed by atoms with E-state index in [1.54, 1.807) is 11.3 Å². The molecule has 1 amide bonds. The van der Waals surface area contributed by atoms with E-state index in [1.165, 1.54) is 23.3 Å². The summed E-state index contributed by atoms with van der Waals surface area (Å²) in [5.41, 5.74) is 2.25. The fourth-order valence-electron chi connectivity index (χ4n) is 3.29. The van der Waals surface area contributed by atoms with Crippen LogP contribution in [-0.2, 0) is 17.6 Å². The van der Waals surface area contributed by atoms with Crippen molar-refractivity contribution in [2.24, 2.45) is 5.92 Å². The van der Waals surface area contributed by atoms with Gasteiger partial charge in [0.05, 0.1) is 11.7 Å². The number of fused-ring (bicyclic) bond motifs is 1. The number of hydrogen-bond acceptors (Lipinski definition) is 3. The van der Waals surface area contributed by atoms with Crippen molar-refractivity contribution < 1.29 is 9.53 Å². The Kier molecular flexibility index (Phi) is 4.41. The van der Waals surface area contributed by atoms with Gasteiger partial charge in [-0.1, -0.05) is 0 Å². The van der Waals surface area contributed by atoms with Crippen LogP contribution in [0, 0.1) is 5.92 Å². The third-order valence-corrected chi connectivity index (χ3v) is 5.54. The molecule has 1 aromatic rings. The maximum absolute atomic E-state index is 12.4. The van der Waals surface area contributed by atoms with Gasteiger partial charge in [0, 0.05) is 23.4 Å².